The van der Waals surface area contributed by atoms with Crippen molar-refractivity contribution in [1.29, 1.82) is 0 Å². The summed E-state index contributed by atoms with van der Waals surface area (Å²) in [5.41, 5.74) is 4.79. The van der Waals surface area contributed by atoms with Crippen LogP contribution in [0.25, 0.3) is 11.1 Å². The summed E-state index contributed by atoms with van der Waals surface area (Å²) >= 11 is 0. The van der Waals surface area contributed by atoms with Crippen LogP contribution in [0.5, 0.6) is 5.75 Å². The molecule has 1 aliphatic rings. The topological polar surface area (TPSA) is 116 Å². The number of piperidine rings is 1. The number of anilines is 2. The maximum atomic E-state index is 13.7. The number of phenolic OH excluding ortho intramolecular Hbond substituents is 1. The number of benzene rings is 4. The maximum absolute atomic E-state index is 13.7. The van der Waals surface area contributed by atoms with Crippen LogP contribution in [0.1, 0.15) is 40.7 Å². The van der Waals surface area contributed by atoms with E-state index in [0.29, 0.717) is 5.69 Å². The molecule has 4 aromatic rings. The minimum atomic E-state index is -4.03. The first kappa shape index (κ1) is 31.7. The number of hydrogen-bond acceptors (Lipinski definition) is 7. The fraction of sp³-hybridized carbons (Fsp3) is 0.257. The van der Waals surface area contributed by atoms with Crippen molar-refractivity contribution in [3.05, 3.63) is 108 Å². The molecule has 1 saturated heterocycles. The van der Waals surface area contributed by atoms with Crippen LogP contribution in [0.3, 0.4) is 0 Å². The molecule has 234 valence electrons. The van der Waals surface area contributed by atoms with Gasteiger partial charge in [-0.15, -0.1) is 0 Å². The molecule has 10 heteroatoms. The van der Waals surface area contributed by atoms with E-state index in [-0.39, 0.29) is 22.8 Å². The van der Waals surface area contributed by atoms with Gasteiger partial charge in [-0.1, -0.05) is 48.5 Å². The van der Waals surface area contributed by atoms with Gasteiger partial charge in [0, 0.05) is 24.5 Å². The summed E-state index contributed by atoms with van der Waals surface area (Å²) in [6, 6.07) is 26.6. The van der Waals surface area contributed by atoms with Gasteiger partial charge in [0.15, 0.2) is 0 Å². The number of sulfonamides is 1. The number of carbonyl (C=O) groups excluding carboxylic acids is 2. The van der Waals surface area contributed by atoms with E-state index in [1.807, 2.05) is 61.5 Å². The number of methoxy groups -OCH3 is 1. The first-order valence-corrected chi connectivity index (χ1v) is 16.4. The molecule has 0 aliphatic carbocycles. The van der Waals surface area contributed by atoms with Crippen LogP contribution in [0.4, 0.5) is 11.4 Å². The smallest absolute Gasteiger partial charge is 0.341 e. The van der Waals surface area contributed by atoms with Crippen molar-refractivity contribution < 1.29 is 27.9 Å². The lowest BCUT2D eigenvalue weighted by atomic mass is 10.0. The number of nitrogens with zero attached hydrogens (tertiary/aromatic N) is 2. The molecule has 5 rings (SSSR count). The van der Waals surface area contributed by atoms with E-state index in [2.05, 4.69) is 9.62 Å². The summed E-state index contributed by atoms with van der Waals surface area (Å²) in [7, 11) is -2.83. The normalized spacial score (nSPS) is 13.3. The number of amides is 1. The van der Waals surface area contributed by atoms with Gasteiger partial charge in [0.1, 0.15) is 11.3 Å². The van der Waals surface area contributed by atoms with Crippen molar-refractivity contribution >= 4 is 33.3 Å². The highest BCUT2D eigenvalue weighted by molar-refractivity contribution is 7.89. The van der Waals surface area contributed by atoms with E-state index in [4.69, 9.17) is 4.74 Å². The van der Waals surface area contributed by atoms with Crippen molar-refractivity contribution in [3.63, 3.8) is 0 Å². The molecule has 0 aromatic heterocycles. The van der Waals surface area contributed by atoms with Gasteiger partial charge in [0.05, 0.1) is 25.1 Å². The van der Waals surface area contributed by atoms with Crippen LogP contribution < -0.4 is 14.5 Å². The fourth-order valence-electron chi connectivity index (χ4n) is 5.52. The van der Waals surface area contributed by atoms with E-state index in [1.165, 1.54) is 42.7 Å². The van der Waals surface area contributed by atoms with Gasteiger partial charge in [-0.05, 0) is 90.9 Å². The van der Waals surface area contributed by atoms with Gasteiger partial charge in [0.25, 0.3) is 0 Å². The first-order valence-electron chi connectivity index (χ1n) is 14.9. The summed E-state index contributed by atoms with van der Waals surface area (Å²) in [5, 5.41) is 10.3. The Hall–Kier alpha value is -4.67. The Morgan fingerprint density at radius 1 is 0.911 bits per heavy atom. The van der Waals surface area contributed by atoms with Crippen LogP contribution in [-0.4, -0.2) is 52.1 Å². The molecule has 0 bridgehead atoms. The van der Waals surface area contributed by atoms with E-state index in [9.17, 15) is 23.1 Å². The Labute approximate surface area is 264 Å². The summed E-state index contributed by atoms with van der Waals surface area (Å²) in [6.07, 6.45) is 3.54. The number of nitrogens with one attached hydrogen (secondary N) is 1. The molecule has 0 atom stereocenters. The predicted molar refractivity (Wildman–Crippen MR) is 175 cm³/mol. The standard InChI is InChI=1S/C35H37N3O6S/c1-25-21-30(16-17-31(25)27-9-5-3-6-10-27)45(42,43)36-23-34(40)38(29-15-18-33(39)32(22-29)35(41)44-2)24-26-11-13-28(14-12-26)37-19-7-4-8-20-37/h3,5-6,9-18,21-22,36,39H,4,7-8,19-20,23-24H2,1-2H3. The lowest BCUT2D eigenvalue weighted by Crippen LogP contribution is -2.40. The third-order valence-electron chi connectivity index (χ3n) is 8.00. The second kappa shape index (κ2) is 14.0. The minimum Gasteiger partial charge on any atom is -0.507 e. The molecular weight excluding hydrogens is 590 g/mol. The highest BCUT2D eigenvalue weighted by atomic mass is 32.2. The summed E-state index contributed by atoms with van der Waals surface area (Å²) in [6.45, 7) is 3.43. The van der Waals surface area contributed by atoms with Gasteiger partial charge in [0.2, 0.25) is 15.9 Å². The Morgan fingerprint density at radius 3 is 2.29 bits per heavy atom. The average molecular weight is 628 g/mol. The largest absolute Gasteiger partial charge is 0.507 e. The Bertz CT molecular complexity index is 1770. The Balaban J connectivity index is 1.38. The second-order valence-electron chi connectivity index (χ2n) is 11.1. The van der Waals surface area contributed by atoms with Crippen LogP contribution >= 0.6 is 0 Å². The van der Waals surface area contributed by atoms with Crippen LogP contribution in [0.2, 0.25) is 0 Å². The van der Waals surface area contributed by atoms with Crippen molar-refractivity contribution in [2.45, 2.75) is 37.6 Å². The SMILES string of the molecule is COC(=O)c1cc(N(Cc2ccc(N3CCCCC3)cc2)C(=O)CNS(=O)(=O)c2ccc(-c3ccccc3)c(C)c2)ccc1O. The zero-order valence-corrected chi connectivity index (χ0v) is 26.2. The molecule has 9 nitrogen and oxygen atoms in total. The van der Waals surface area contributed by atoms with E-state index in [1.54, 1.807) is 12.1 Å². The molecule has 45 heavy (non-hydrogen) atoms. The fourth-order valence-corrected chi connectivity index (χ4v) is 6.58. The maximum Gasteiger partial charge on any atom is 0.341 e. The monoisotopic (exact) mass is 627 g/mol. The van der Waals surface area contributed by atoms with Crippen LogP contribution in [0.15, 0.2) is 95.9 Å². The molecule has 1 amide bonds. The Morgan fingerprint density at radius 2 is 1.62 bits per heavy atom. The molecular formula is C35H37N3O6S. The number of phenols is 1. The number of rotatable bonds is 10. The number of ether oxygens (including phenoxy) is 1. The van der Waals surface area contributed by atoms with Gasteiger partial charge in [-0.3, -0.25) is 4.79 Å². The van der Waals surface area contributed by atoms with Gasteiger partial charge < -0.3 is 19.6 Å². The summed E-state index contributed by atoms with van der Waals surface area (Å²) in [4.78, 5) is 29.8. The zero-order chi connectivity index (χ0) is 32.0. The highest BCUT2D eigenvalue weighted by Crippen LogP contribution is 2.28. The highest BCUT2D eigenvalue weighted by Gasteiger charge is 2.23. The number of aryl methyl sites for hydroxylation is 1. The van der Waals surface area contributed by atoms with Crippen molar-refractivity contribution in [2.24, 2.45) is 0 Å². The molecule has 1 aliphatic heterocycles. The molecule has 0 unspecified atom stereocenters. The van der Waals surface area contributed by atoms with Crippen molar-refractivity contribution in [1.82, 2.24) is 4.72 Å². The quantitative estimate of drug-likeness (QED) is 0.218. The lowest BCUT2D eigenvalue weighted by Gasteiger charge is -2.29. The van der Waals surface area contributed by atoms with Gasteiger partial charge >= 0.3 is 5.97 Å². The molecule has 2 N–H and O–H groups in total. The lowest BCUT2D eigenvalue weighted by molar-refractivity contribution is -0.117. The molecule has 1 fully saturated rings. The number of hydrogen-bond donors (Lipinski definition) is 2. The Kier molecular flexibility index (Phi) is 9.85. The summed E-state index contributed by atoms with van der Waals surface area (Å²) < 4.78 is 33.8. The average Bonchev–Trinajstić information content (AvgIpc) is 3.07. The van der Waals surface area contributed by atoms with Crippen LogP contribution in [-0.2, 0) is 26.1 Å². The number of esters is 1. The first-order chi connectivity index (χ1) is 21.7. The summed E-state index contributed by atoms with van der Waals surface area (Å²) in [5.74, 6) is -1.60. The third kappa shape index (κ3) is 7.53. The molecule has 0 spiro atoms. The van der Waals surface area contributed by atoms with Gasteiger partial charge in [-0.2, -0.15) is 0 Å². The van der Waals surface area contributed by atoms with Crippen LogP contribution in [0, 0.1) is 6.92 Å². The van der Waals surface area contributed by atoms with Crippen molar-refractivity contribution in [2.75, 3.05) is 36.5 Å². The second-order valence-corrected chi connectivity index (χ2v) is 12.8. The molecule has 1 heterocycles. The molecule has 0 radical (unpaired) electrons. The zero-order valence-electron chi connectivity index (χ0n) is 25.4. The van der Waals surface area contributed by atoms with Gasteiger partial charge in [-0.25, -0.2) is 17.9 Å². The molecule has 0 saturated carbocycles. The third-order valence-corrected chi connectivity index (χ3v) is 9.40. The number of aromatic hydroxyl groups is 1. The predicted octanol–water partition coefficient (Wildman–Crippen LogP) is 5.66. The van der Waals surface area contributed by atoms with Crippen molar-refractivity contribution in [3.8, 4) is 16.9 Å². The van der Waals surface area contributed by atoms with E-state index >= 15 is 0 Å². The van der Waals surface area contributed by atoms with E-state index in [0.717, 1.165) is 53.9 Å². The van der Waals surface area contributed by atoms with E-state index < -0.39 is 28.4 Å². The number of carbonyl (C=O) groups is 2. The molecule has 4 aromatic carbocycles. The minimum absolute atomic E-state index is 0.0462.